The number of pyridine rings is 1. The summed E-state index contributed by atoms with van der Waals surface area (Å²) in [4.78, 5) is 16.3. The van der Waals surface area contributed by atoms with E-state index in [0.29, 0.717) is 18.0 Å². The molecule has 0 spiro atoms. The molecule has 0 saturated heterocycles. The van der Waals surface area contributed by atoms with Crippen molar-refractivity contribution < 1.29 is 4.79 Å². The molecule has 2 aromatic rings. The van der Waals surface area contributed by atoms with Crippen molar-refractivity contribution >= 4 is 28.4 Å². The topological polar surface area (TPSA) is 42.0 Å². The van der Waals surface area contributed by atoms with Gasteiger partial charge in [0.15, 0.2) is 0 Å². The van der Waals surface area contributed by atoms with Crippen LogP contribution in [0.15, 0.2) is 36.5 Å². The number of amides is 1. The summed E-state index contributed by atoms with van der Waals surface area (Å²) >= 11 is 6.12. The molecule has 1 atom stereocenters. The summed E-state index contributed by atoms with van der Waals surface area (Å²) in [5.74, 6) is 0.236. The van der Waals surface area contributed by atoms with E-state index in [-0.39, 0.29) is 11.3 Å². The lowest BCUT2D eigenvalue weighted by molar-refractivity contribution is 0.0952. The highest BCUT2D eigenvalue weighted by Gasteiger charge is 2.12. The van der Waals surface area contributed by atoms with E-state index in [1.165, 1.54) is 0 Å². The molecule has 1 N–H and O–H groups in total. The number of aromatic nitrogens is 1. The maximum atomic E-state index is 12.0. The molecule has 4 heteroatoms. The van der Waals surface area contributed by atoms with Crippen LogP contribution in [0.3, 0.4) is 0 Å². The molecule has 1 amide bonds. The van der Waals surface area contributed by atoms with Crippen molar-refractivity contribution in [3.8, 4) is 0 Å². The molecule has 0 radical (unpaired) electrons. The predicted octanol–water partition coefficient (Wildman–Crippen LogP) is 3.23. The van der Waals surface area contributed by atoms with Crippen LogP contribution in [0.2, 0.25) is 0 Å². The molecular weight excluding hydrogens is 260 g/mol. The molecule has 1 aromatic heterocycles. The SMILES string of the molecule is CC(C)C(Cl)CNC(=O)c1ccc2ncccc2c1. The Kier molecular flexibility index (Phi) is 4.38. The summed E-state index contributed by atoms with van der Waals surface area (Å²) in [7, 11) is 0. The molecule has 0 saturated carbocycles. The van der Waals surface area contributed by atoms with Crippen LogP contribution in [-0.4, -0.2) is 22.8 Å². The summed E-state index contributed by atoms with van der Waals surface area (Å²) in [6.45, 7) is 4.54. The lowest BCUT2D eigenvalue weighted by Gasteiger charge is -2.14. The fourth-order valence-electron chi connectivity index (χ4n) is 1.74. The van der Waals surface area contributed by atoms with E-state index in [1.54, 1.807) is 12.3 Å². The van der Waals surface area contributed by atoms with Gasteiger partial charge in [-0.2, -0.15) is 0 Å². The van der Waals surface area contributed by atoms with Gasteiger partial charge < -0.3 is 5.32 Å². The normalized spacial score (nSPS) is 12.6. The zero-order valence-electron chi connectivity index (χ0n) is 11.1. The number of halogens is 1. The molecule has 0 aliphatic rings. The Morgan fingerprint density at radius 1 is 1.37 bits per heavy atom. The van der Waals surface area contributed by atoms with Gasteiger partial charge in [0.05, 0.1) is 10.9 Å². The van der Waals surface area contributed by atoms with E-state index in [0.717, 1.165) is 10.9 Å². The van der Waals surface area contributed by atoms with E-state index < -0.39 is 0 Å². The molecular formula is C15H17ClN2O. The molecule has 0 bridgehead atoms. The van der Waals surface area contributed by atoms with Crippen molar-refractivity contribution in [2.24, 2.45) is 5.92 Å². The zero-order valence-corrected chi connectivity index (χ0v) is 11.8. The molecule has 0 aliphatic heterocycles. The quantitative estimate of drug-likeness (QED) is 0.871. The number of carbonyl (C=O) groups excluding carboxylic acids is 1. The van der Waals surface area contributed by atoms with Crippen molar-refractivity contribution in [3.05, 3.63) is 42.1 Å². The van der Waals surface area contributed by atoms with E-state index in [9.17, 15) is 4.79 Å². The van der Waals surface area contributed by atoms with Crippen molar-refractivity contribution in [1.82, 2.24) is 10.3 Å². The van der Waals surface area contributed by atoms with Gasteiger partial charge >= 0.3 is 0 Å². The first-order valence-electron chi connectivity index (χ1n) is 6.35. The Balaban J connectivity index is 2.09. The van der Waals surface area contributed by atoms with E-state index >= 15 is 0 Å². The Labute approximate surface area is 118 Å². The smallest absolute Gasteiger partial charge is 0.251 e. The van der Waals surface area contributed by atoms with Crippen molar-refractivity contribution in [2.45, 2.75) is 19.2 Å². The predicted molar refractivity (Wildman–Crippen MR) is 78.6 cm³/mol. The first-order chi connectivity index (χ1) is 9.08. The summed E-state index contributed by atoms with van der Waals surface area (Å²) < 4.78 is 0. The average molecular weight is 277 g/mol. The first-order valence-corrected chi connectivity index (χ1v) is 6.78. The minimum absolute atomic E-state index is 0.0499. The summed E-state index contributed by atoms with van der Waals surface area (Å²) in [5.41, 5.74) is 1.52. The van der Waals surface area contributed by atoms with Gasteiger partial charge in [-0.3, -0.25) is 9.78 Å². The highest BCUT2D eigenvalue weighted by atomic mass is 35.5. The minimum atomic E-state index is -0.1000. The standard InChI is InChI=1S/C15H17ClN2O/c1-10(2)13(16)9-18-15(19)12-5-6-14-11(8-12)4-3-7-17-14/h3-8,10,13H,9H2,1-2H3,(H,18,19). The number of hydrogen-bond donors (Lipinski definition) is 1. The monoisotopic (exact) mass is 276 g/mol. The van der Waals surface area contributed by atoms with Crippen LogP contribution < -0.4 is 5.32 Å². The van der Waals surface area contributed by atoms with Gasteiger partial charge in [0.1, 0.15) is 0 Å². The molecule has 0 fully saturated rings. The largest absolute Gasteiger partial charge is 0.351 e. The third kappa shape index (κ3) is 3.44. The second-order valence-electron chi connectivity index (χ2n) is 4.88. The van der Waals surface area contributed by atoms with Gasteiger partial charge in [0, 0.05) is 23.7 Å². The van der Waals surface area contributed by atoms with Crippen molar-refractivity contribution in [1.29, 1.82) is 0 Å². The van der Waals surface area contributed by atoms with Crippen LogP contribution >= 0.6 is 11.6 Å². The number of hydrogen-bond acceptors (Lipinski definition) is 2. The lowest BCUT2D eigenvalue weighted by Crippen LogP contribution is -2.31. The van der Waals surface area contributed by atoms with E-state index in [1.807, 2.05) is 38.1 Å². The molecule has 1 unspecified atom stereocenters. The van der Waals surface area contributed by atoms with Crippen molar-refractivity contribution in [3.63, 3.8) is 0 Å². The van der Waals surface area contributed by atoms with E-state index in [2.05, 4.69) is 10.3 Å². The second kappa shape index (κ2) is 6.02. The zero-order chi connectivity index (χ0) is 13.8. The number of fused-ring (bicyclic) bond motifs is 1. The van der Waals surface area contributed by atoms with Crippen LogP contribution in [0.4, 0.5) is 0 Å². The Hall–Kier alpha value is -1.61. The number of rotatable bonds is 4. The molecule has 2 rings (SSSR count). The Morgan fingerprint density at radius 3 is 2.89 bits per heavy atom. The maximum absolute atomic E-state index is 12.0. The van der Waals surface area contributed by atoms with Crippen LogP contribution in [-0.2, 0) is 0 Å². The summed E-state index contributed by atoms with van der Waals surface area (Å²) in [6, 6.07) is 9.28. The number of nitrogens with zero attached hydrogens (tertiary/aromatic N) is 1. The minimum Gasteiger partial charge on any atom is -0.351 e. The van der Waals surface area contributed by atoms with Crippen LogP contribution in [0, 0.1) is 5.92 Å². The number of alkyl halides is 1. The molecule has 19 heavy (non-hydrogen) atoms. The molecule has 100 valence electrons. The molecule has 3 nitrogen and oxygen atoms in total. The van der Waals surface area contributed by atoms with E-state index in [4.69, 9.17) is 11.6 Å². The van der Waals surface area contributed by atoms with Gasteiger partial charge in [-0.15, -0.1) is 11.6 Å². The van der Waals surface area contributed by atoms with Crippen molar-refractivity contribution in [2.75, 3.05) is 6.54 Å². The third-order valence-electron chi connectivity index (χ3n) is 3.05. The molecule has 1 heterocycles. The van der Waals surface area contributed by atoms with Crippen LogP contribution in [0.1, 0.15) is 24.2 Å². The fraction of sp³-hybridized carbons (Fsp3) is 0.333. The van der Waals surface area contributed by atoms with Gasteiger partial charge in [-0.05, 0) is 30.2 Å². The van der Waals surface area contributed by atoms with Gasteiger partial charge in [0.25, 0.3) is 5.91 Å². The summed E-state index contributed by atoms with van der Waals surface area (Å²) in [6.07, 6.45) is 1.74. The molecule has 1 aromatic carbocycles. The van der Waals surface area contributed by atoms with Crippen LogP contribution in [0.5, 0.6) is 0 Å². The fourth-order valence-corrected chi connectivity index (χ4v) is 1.82. The Bertz CT molecular complexity index is 583. The Morgan fingerprint density at radius 2 is 2.16 bits per heavy atom. The average Bonchev–Trinajstić information content (AvgIpc) is 2.43. The highest BCUT2D eigenvalue weighted by Crippen LogP contribution is 2.13. The first kappa shape index (κ1) is 13.8. The third-order valence-corrected chi connectivity index (χ3v) is 3.70. The second-order valence-corrected chi connectivity index (χ2v) is 5.44. The highest BCUT2D eigenvalue weighted by molar-refractivity contribution is 6.21. The van der Waals surface area contributed by atoms with Crippen LogP contribution in [0.25, 0.3) is 10.9 Å². The number of nitrogens with one attached hydrogen (secondary N) is 1. The van der Waals surface area contributed by atoms with Gasteiger partial charge in [-0.25, -0.2) is 0 Å². The lowest BCUT2D eigenvalue weighted by atomic mass is 10.1. The maximum Gasteiger partial charge on any atom is 0.251 e. The van der Waals surface area contributed by atoms with Gasteiger partial charge in [-0.1, -0.05) is 19.9 Å². The number of carbonyl (C=O) groups is 1. The number of benzene rings is 1. The molecule has 0 aliphatic carbocycles. The van der Waals surface area contributed by atoms with Gasteiger partial charge in [0.2, 0.25) is 0 Å². The summed E-state index contributed by atoms with van der Waals surface area (Å²) in [5, 5.41) is 3.76.